The van der Waals surface area contributed by atoms with E-state index < -0.39 is 22.2 Å². The molecule has 1 amide bonds. The Balaban J connectivity index is 2.19. The van der Waals surface area contributed by atoms with Crippen LogP contribution in [-0.4, -0.2) is 21.4 Å². The van der Waals surface area contributed by atoms with Crippen LogP contribution < -0.4 is 5.32 Å². The highest BCUT2D eigenvalue weighted by molar-refractivity contribution is 8.01. The summed E-state index contributed by atoms with van der Waals surface area (Å²) in [5.41, 5.74) is 0.679. The molecule has 3 rings (SSSR count). The number of hydrogen-bond donors (Lipinski definition) is 2. The maximum absolute atomic E-state index is 13.4. The summed E-state index contributed by atoms with van der Waals surface area (Å²) in [6.45, 7) is 3.41. The number of anilines is 1. The first-order chi connectivity index (χ1) is 10.8. The van der Waals surface area contributed by atoms with E-state index in [1.165, 1.54) is 23.9 Å². The van der Waals surface area contributed by atoms with E-state index in [2.05, 4.69) is 15.5 Å². The highest BCUT2D eigenvalue weighted by Crippen LogP contribution is 2.48. The summed E-state index contributed by atoms with van der Waals surface area (Å²) in [5, 5.41) is 8.31. The lowest BCUT2D eigenvalue weighted by atomic mass is 9.98. The predicted octanol–water partition coefficient (Wildman–Crippen LogP) is 3.90. The number of rotatable bonds is 1. The highest BCUT2D eigenvalue weighted by atomic mass is 32.2. The van der Waals surface area contributed by atoms with Crippen LogP contribution in [0.3, 0.4) is 0 Å². The van der Waals surface area contributed by atoms with Gasteiger partial charge in [-0.3, -0.25) is 9.89 Å². The zero-order valence-corrected chi connectivity index (χ0v) is 13.2. The van der Waals surface area contributed by atoms with Crippen LogP contribution in [0.15, 0.2) is 24.3 Å². The highest BCUT2D eigenvalue weighted by Gasteiger charge is 2.39. The first-order valence-corrected chi connectivity index (χ1v) is 7.90. The maximum atomic E-state index is 13.4. The zero-order valence-electron chi connectivity index (χ0n) is 12.4. The van der Waals surface area contributed by atoms with Gasteiger partial charge in [-0.05, 0) is 25.5 Å². The fourth-order valence-corrected chi connectivity index (χ4v) is 3.99. The van der Waals surface area contributed by atoms with E-state index in [-0.39, 0.29) is 11.5 Å². The number of H-pyrrole nitrogens is 1. The molecule has 1 aliphatic rings. The van der Waals surface area contributed by atoms with E-state index in [1.54, 1.807) is 19.9 Å². The van der Waals surface area contributed by atoms with Gasteiger partial charge < -0.3 is 5.32 Å². The third-order valence-electron chi connectivity index (χ3n) is 3.76. The van der Waals surface area contributed by atoms with Crippen molar-refractivity contribution >= 4 is 23.5 Å². The number of hydrogen-bond acceptors (Lipinski definition) is 3. The predicted molar refractivity (Wildman–Crippen MR) is 82.3 cm³/mol. The molecule has 1 aromatic heterocycles. The van der Waals surface area contributed by atoms with Crippen LogP contribution in [-0.2, 0) is 11.0 Å². The summed E-state index contributed by atoms with van der Waals surface area (Å²) in [6, 6.07) is 5.46. The van der Waals surface area contributed by atoms with Crippen LogP contribution in [0.5, 0.6) is 0 Å². The molecule has 0 saturated carbocycles. The average Bonchev–Trinajstić information content (AvgIpc) is 2.78. The van der Waals surface area contributed by atoms with Gasteiger partial charge in [0.1, 0.15) is 0 Å². The van der Waals surface area contributed by atoms with Crippen molar-refractivity contribution in [2.45, 2.75) is 30.5 Å². The number of amides is 1. The number of aromatic nitrogens is 2. The number of aryl methyl sites for hydroxylation is 1. The molecule has 8 heteroatoms. The van der Waals surface area contributed by atoms with Crippen LogP contribution in [0.1, 0.15) is 34.6 Å². The summed E-state index contributed by atoms with van der Waals surface area (Å²) in [7, 11) is 0. The molecular weight excluding hydrogens is 327 g/mol. The van der Waals surface area contributed by atoms with Crippen molar-refractivity contribution in [1.82, 2.24) is 10.2 Å². The van der Waals surface area contributed by atoms with E-state index in [4.69, 9.17) is 0 Å². The Hall–Kier alpha value is -1.96. The summed E-state index contributed by atoms with van der Waals surface area (Å²) >= 11 is 1.19. The molecule has 0 radical (unpaired) electrons. The molecule has 2 heterocycles. The third kappa shape index (κ3) is 2.83. The fourth-order valence-electron chi connectivity index (χ4n) is 2.62. The van der Waals surface area contributed by atoms with E-state index in [9.17, 15) is 18.0 Å². The molecular formula is C15H14F3N3OS. The first-order valence-electron chi connectivity index (χ1n) is 6.96. The molecule has 1 aliphatic heterocycles. The molecule has 0 bridgehead atoms. The Bertz CT molecular complexity index is 757. The number of aromatic amines is 1. The number of nitrogens with one attached hydrogen (secondary N) is 2. The topological polar surface area (TPSA) is 57.8 Å². The Morgan fingerprint density at radius 2 is 1.96 bits per heavy atom. The maximum Gasteiger partial charge on any atom is 0.416 e. The van der Waals surface area contributed by atoms with Gasteiger partial charge in [0.2, 0.25) is 5.91 Å². The van der Waals surface area contributed by atoms with Crippen molar-refractivity contribution in [2.75, 3.05) is 5.32 Å². The summed E-state index contributed by atoms with van der Waals surface area (Å²) in [5.74, 6) is 0.0288. The zero-order chi connectivity index (χ0) is 16.8. The second-order valence-electron chi connectivity index (χ2n) is 5.34. The minimum absolute atomic E-state index is 0.138. The van der Waals surface area contributed by atoms with Gasteiger partial charge in [-0.15, -0.1) is 11.8 Å². The van der Waals surface area contributed by atoms with E-state index in [1.807, 2.05) is 0 Å². The lowest BCUT2D eigenvalue weighted by Gasteiger charge is -2.21. The number of thioether (sulfide) groups is 1. The van der Waals surface area contributed by atoms with Gasteiger partial charge in [-0.2, -0.15) is 18.3 Å². The summed E-state index contributed by atoms with van der Waals surface area (Å²) in [6.07, 6.45) is -4.46. The van der Waals surface area contributed by atoms with Crippen LogP contribution in [0.4, 0.5) is 19.0 Å². The number of benzene rings is 1. The molecule has 0 aliphatic carbocycles. The second kappa shape index (κ2) is 5.59. The number of halogens is 3. The van der Waals surface area contributed by atoms with Gasteiger partial charge in [0.05, 0.1) is 16.1 Å². The van der Waals surface area contributed by atoms with Gasteiger partial charge in [0.15, 0.2) is 5.82 Å². The fraction of sp³-hybridized carbons (Fsp3) is 0.333. The van der Waals surface area contributed by atoms with Gasteiger partial charge in [0.25, 0.3) is 0 Å². The third-order valence-corrected chi connectivity index (χ3v) is 5.14. The van der Waals surface area contributed by atoms with E-state index in [0.29, 0.717) is 17.1 Å². The molecule has 2 atom stereocenters. The van der Waals surface area contributed by atoms with Crippen molar-refractivity contribution < 1.29 is 18.0 Å². The normalized spacial score (nSPS) is 21.5. The average molecular weight is 341 g/mol. The van der Waals surface area contributed by atoms with Gasteiger partial charge in [-0.1, -0.05) is 18.2 Å². The summed E-state index contributed by atoms with van der Waals surface area (Å²) in [4.78, 5) is 12.0. The minimum atomic E-state index is -4.46. The van der Waals surface area contributed by atoms with Crippen molar-refractivity contribution in [2.24, 2.45) is 0 Å². The molecule has 2 N–H and O–H groups in total. The van der Waals surface area contributed by atoms with E-state index in [0.717, 1.165) is 6.07 Å². The number of carbonyl (C=O) groups excluding carboxylic acids is 1. The monoisotopic (exact) mass is 341 g/mol. The van der Waals surface area contributed by atoms with Gasteiger partial charge in [0, 0.05) is 11.3 Å². The van der Waals surface area contributed by atoms with Crippen molar-refractivity contribution in [3.8, 4) is 0 Å². The second-order valence-corrected chi connectivity index (χ2v) is 6.79. The Morgan fingerprint density at radius 1 is 1.26 bits per heavy atom. The van der Waals surface area contributed by atoms with Gasteiger partial charge in [-0.25, -0.2) is 0 Å². The number of fused-ring (bicyclic) bond motifs is 1. The van der Waals surface area contributed by atoms with Crippen molar-refractivity contribution in [3.63, 3.8) is 0 Å². The Morgan fingerprint density at radius 3 is 2.65 bits per heavy atom. The molecule has 0 fully saturated rings. The number of carbonyl (C=O) groups is 1. The Labute approximate surface area is 134 Å². The lowest BCUT2D eigenvalue weighted by Crippen LogP contribution is -2.21. The quantitative estimate of drug-likeness (QED) is 0.827. The smallest absolute Gasteiger partial charge is 0.308 e. The van der Waals surface area contributed by atoms with Crippen LogP contribution in [0.2, 0.25) is 0 Å². The van der Waals surface area contributed by atoms with Crippen molar-refractivity contribution in [3.05, 3.63) is 46.6 Å². The largest absolute Gasteiger partial charge is 0.416 e. The SMILES string of the molecule is Cc1[nH]nc2c1[C@H](c1ccccc1C(F)(F)F)S[C@H](C)C(=O)N2. The molecule has 122 valence electrons. The molecule has 0 spiro atoms. The lowest BCUT2D eigenvalue weighted by molar-refractivity contribution is -0.138. The molecule has 0 saturated heterocycles. The van der Waals surface area contributed by atoms with Gasteiger partial charge >= 0.3 is 6.18 Å². The molecule has 23 heavy (non-hydrogen) atoms. The minimum Gasteiger partial charge on any atom is -0.308 e. The van der Waals surface area contributed by atoms with Crippen LogP contribution in [0, 0.1) is 6.92 Å². The Kier molecular flexibility index (Phi) is 3.87. The number of alkyl halides is 3. The van der Waals surface area contributed by atoms with E-state index >= 15 is 0 Å². The molecule has 1 aromatic carbocycles. The van der Waals surface area contributed by atoms with Crippen molar-refractivity contribution in [1.29, 1.82) is 0 Å². The standard InChI is InChI=1S/C15H14F3N3OS/c1-7-11-12(9-5-3-4-6-10(9)15(16,17)18)23-8(2)14(22)19-13(11)21-20-7/h3-6,8,12H,1-2H3,(H2,19,20,21,22)/t8-,12+/m1/s1. The first kappa shape index (κ1) is 15.9. The summed E-state index contributed by atoms with van der Waals surface area (Å²) < 4.78 is 40.1. The molecule has 4 nitrogen and oxygen atoms in total. The molecule has 0 unspecified atom stereocenters. The van der Waals surface area contributed by atoms with Crippen LogP contribution >= 0.6 is 11.8 Å². The molecule has 2 aromatic rings. The number of nitrogens with zero attached hydrogens (tertiary/aromatic N) is 1. The van der Waals surface area contributed by atoms with Crippen LogP contribution in [0.25, 0.3) is 0 Å².